The second-order valence-corrected chi connectivity index (χ2v) is 5.95. The Morgan fingerprint density at radius 3 is 2.56 bits per heavy atom. The van der Waals surface area contributed by atoms with Gasteiger partial charge in [-0.1, -0.05) is 30.3 Å². The Kier molecular flexibility index (Phi) is 5.33. The summed E-state index contributed by atoms with van der Waals surface area (Å²) in [5.41, 5.74) is 1.10. The van der Waals surface area contributed by atoms with Crippen LogP contribution in [0.15, 0.2) is 42.6 Å². The number of nitrogens with one attached hydrogen (secondary N) is 1. The van der Waals surface area contributed by atoms with Crippen molar-refractivity contribution < 1.29 is 9.53 Å². The minimum Gasteiger partial charge on any atom is -0.481 e. The number of piperazine rings is 1. The molecule has 1 aliphatic heterocycles. The summed E-state index contributed by atoms with van der Waals surface area (Å²) in [6, 6.07) is 11.6. The molecule has 1 aromatic heterocycles. The van der Waals surface area contributed by atoms with Crippen molar-refractivity contribution in [3.63, 3.8) is 0 Å². The summed E-state index contributed by atoms with van der Waals surface area (Å²) in [4.78, 5) is 25.0. The van der Waals surface area contributed by atoms with E-state index in [1.54, 1.807) is 19.4 Å². The zero-order chi connectivity index (χ0) is 17.6. The molecule has 0 spiro atoms. The number of rotatable bonds is 4. The fraction of sp³-hybridized carbons (Fsp3) is 0.389. The molecule has 1 aliphatic rings. The molecule has 1 unspecified atom stereocenters. The van der Waals surface area contributed by atoms with Crippen molar-refractivity contribution in [1.29, 1.82) is 0 Å². The van der Waals surface area contributed by atoms with Gasteiger partial charge < -0.3 is 19.9 Å². The lowest BCUT2D eigenvalue weighted by atomic mass is 10.1. The van der Waals surface area contributed by atoms with Gasteiger partial charge in [-0.2, -0.15) is 4.98 Å². The van der Waals surface area contributed by atoms with Crippen molar-refractivity contribution in [3.05, 3.63) is 48.2 Å². The lowest BCUT2D eigenvalue weighted by Crippen LogP contribution is -2.52. The molecule has 1 N–H and O–H groups in total. The zero-order valence-corrected chi connectivity index (χ0v) is 14.6. The van der Waals surface area contributed by atoms with Gasteiger partial charge in [-0.05, 0) is 12.5 Å². The van der Waals surface area contributed by atoms with Crippen molar-refractivity contribution in [1.82, 2.24) is 20.2 Å². The highest BCUT2D eigenvalue weighted by Gasteiger charge is 2.23. The van der Waals surface area contributed by atoms with Crippen molar-refractivity contribution in [3.8, 4) is 5.88 Å². The first-order valence-electron chi connectivity index (χ1n) is 8.40. The van der Waals surface area contributed by atoms with Gasteiger partial charge in [0, 0.05) is 38.4 Å². The average molecular weight is 341 g/mol. The Morgan fingerprint density at radius 2 is 1.88 bits per heavy atom. The first-order chi connectivity index (χ1) is 12.2. The molecule has 2 aromatic rings. The van der Waals surface area contributed by atoms with Crippen LogP contribution in [0.5, 0.6) is 5.88 Å². The molecule has 132 valence electrons. The third kappa shape index (κ3) is 4.17. The fourth-order valence-corrected chi connectivity index (χ4v) is 2.81. The third-order valence-electron chi connectivity index (χ3n) is 4.32. The number of anilines is 1. The molecule has 1 fully saturated rings. The molecule has 25 heavy (non-hydrogen) atoms. The molecule has 2 heterocycles. The monoisotopic (exact) mass is 341 g/mol. The van der Waals surface area contributed by atoms with Crippen molar-refractivity contribution in [2.24, 2.45) is 0 Å². The second-order valence-electron chi connectivity index (χ2n) is 5.95. The van der Waals surface area contributed by atoms with E-state index in [1.807, 2.05) is 42.2 Å². The lowest BCUT2D eigenvalue weighted by Gasteiger charge is -2.35. The summed E-state index contributed by atoms with van der Waals surface area (Å²) in [6.45, 7) is 4.65. The number of amides is 2. The Hall–Kier alpha value is -2.83. The Bertz CT molecular complexity index is 702. The number of methoxy groups -OCH3 is 1. The van der Waals surface area contributed by atoms with Gasteiger partial charge >= 0.3 is 6.03 Å². The fourth-order valence-electron chi connectivity index (χ4n) is 2.81. The molecule has 1 atom stereocenters. The first kappa shape index (κ1) is 17.0. The largest absolute Gasteiger partial charge is 0.481 e. The number of hydrogen-bond acceptors (Lipinski definition) is 5. The predicted octanol–water partition coefficient (Wildman–Crippen LogP) is 2.08. The molecule has 1 aromatic carbocycles. The lowest BCUT2D eigenvalue weighted by molar-refractivity contribution is 0.191. The van der Waals surface area contributed by atoms with Crippen molar-refractivity contribution in [2.45, 2.75) is 13.0 Å². The summed E-state index contributed by atoms with van der Waals surface area (Å²) >= 11 is 0. The number of benzene rings is 1. The van der Waals surface area contributed by atoms with E-state index < -0.39 is 0 Å². The summed E-state index contributed by atoms with van der Waals surface area (Å²) in [5.74, 6) is 1.18. The van der Waals surface area contributed by atoms with E-state index in [9.17, 15) is 4.79 Å². The van der Waals surface area contributed by atoms with Gasteiger partial charge in [-0.3, -0.25) is 0 Å². The maximum atomic E-state index is 12.5. The quantitative estimate of drug-likeness (QED) is 0.922. The van der Waals surface area contributed by atoms with E-state index in [0.29, 0.717) is 38.0 Å². The second kappa shape index (κ2) is 7.83. The number of nitrogens with zero attached hydrogens (tertiary/aromatic N) is 4. The first-order valence-corrected chi connectivity index (χ1v) is 8.40. The van der Waals surface area contributed by atoms with Crippen LogP contribution < -0.4 is 15.0 Å². The summed E-state index contributed by atoms with van der Waals surface area (Å²) in [6.07, 6.45) is 1.68. The van der Waals surface area contributed by atoms with Crippen LogP contribution in [-0.2, 0) is 0 Å². The maximum absolute atomic E-state index is 12.5. The highest BCUT2D eigenvalue weighted by Crippen LogP contribution is 2.16. The smallest absolute Gasteiger partial charge is 0.317 e. The highest BCUT2D eigenvalue weighted by molar-refractivity contribution is 5.75. The molecule has 0 aliphatic carbocycles. The van der Waals surface area contributed by atoms with Gasteiger partial charge in [0.25, 0.3) is 0 Å². The zero-order valence-electron chi connectivity index (χ0n) is 14.6. The van der Waals surface area contributed by atoms with Crippen LogP contribution in [0.25, 0.3) is 0 Å². The Morgan fingerprint density at radius 1 is 1.16 bits per heavy atom. The van der Waals surface area contributed by atoms with Gasteiger partial charge in [0.05, 0.1) is 13.2 Å². The van der Waals surface area contributed by atoms with Crippen LogP contribution in [0.1, 0.15) is 18.5 Å². The van der Waals surface area contributed by atoms with Crippen LogP contribution in [0.4, 0.5) is 10.7 Å². The molecule has 2 amide bonds. The molecule has 7 heteroatoms. The number of ether oxygens (including phenoxy) is 1. The van der Waals surface area contributed by atoms with Crippen LogP contribution in [0.2, 0.25) is 0 Å². The molecule has 0 radical (unpaired) electrons. The summed E-state index contributed by atoms with van der Waals surface area (Å²) in [5, 5.41) is 3.06. The Labute approximate surface area is 147 Å². The number of hydrogen-bond donors (Lipinski definition) is 1. The molecule has 7 nitrogen and oxygen atoms in total. The summed E-state index contributed by atoms with van der Waals surface area (Å²) in [7, 11) is 1.59. The van der Waals surface area contributed by atoms with Gasteiger partial charge in [0.1, 0.15) is 0 Å². The predicted molar refractivity (Wildman–Crippen MR) is 95.8 cm³/mol. The van der Waals surface area contributed by atoms with Gasteiger partial charge in [-0.25, -0.2) is 9.78 Å². The van der Waals surface area contributed by atoms with E-state index in [0.717, 1.165) is 5.56 Å². The van der Waals surface area contributed by atoms with Crippen LogP contribution in [0.3, 0.4) is 0 Å². The van der Waals surface area contributed by atoms with Gasteiger partial charge in [0.15, 0.2) is 0 Å². The Balaban J connectivity index is 1.54. The van der Waals surface area contributed by atoms with E-state index in [1.165, 1.54) is 0 Å². The minimum absolute atomic E-state index is 0.0200. The number of aromatic nitrogens is 2. The standard InChI is InChI=1S/C18H23N5O2/c1-14(15-6-4-3-5-7-15)20-18(24)23-12-10-22(11-13-23)17-19-9-8-16(21-17)25-2/h3-9,14H,10-13H2,1-2H3,(H,20,24). The molecule has 0 saturated carbocycles. The van der Waals surface area contributed by atoms with Crippen molar-refractivity contribution in [2.75, 3.05) is 38.2 Å². The van der Waals surface area contributed by atoms with Crippen LogP contribution in [0, 0.1) is 0 Å². The van der Waals surface area contributed by atoms with E-state index in [-0.39, 0.29) is 12.1 Å². The van der Waals surface area contributed by atoms with Gasteiger partial charge in [0.2, 0.25) is 11.8 Å². The molecule has 0 bridgehead atoms. The van der Waals surface area contributed by atoms with E-state index in [2.05, 4.69) is 20.2 Å². The number of carbonyl (C=O) groups is 1. The van der Waals surface area contributed by atoms with Crippen molar-refractivity contribution >= 4 is 12.0 Å². The molecular weight excluding hydrogens is 318 g/mol. The molecular formula is C18H23N5O2. The summed E-state index contributed by atoms with van der Waals surface area (Å²) < 4.78 is 5.14. The molecule has 1 saturated heterocycles. The van der Waals surface area contributed by atoms with Gasteiger partial charge in [-0.15, -0.1) is 0 Å². The number of carbonyl (C=O) groups excluding carboxylic acids is 1. The third-order valence-corrected chi connectivity index (χ3v) is 4.32. The SMILES string of the molecule is COc1ccnc(N2CCN(C(=O)NC(C)c3ccccc3)CC2)n1. The normalized spacial score (nSPS) is 15.6. The van der Waals surface area contributed by atoms with Crippen LogP contribution in [-0.4, -0.2) is 54.2 Å². The highest BCUT2D eigenvalue weighted by atomic mass is 16.5. The molecule has 3 rings (SSSR count). The van der Waals surface area contributed by atoms with Crippen LogP contribution >= 0.6 is 0 Å². The van der Waals surface area contributed by atoms with E-state index >= 15 is 0 Å². The number of urea groups is 1. The van der Waals surface area contributed by atoms with E-state index in [4.69, 9.17) is 4.74 Å². The topological polar surface area (TPSA) is 70.6 Å². The minimum atomic E-state index is -0.0393. The average Bonchev–Trinajstić information content (AvgIpc) is 2.68. The maximum Gasteiger partial charge on any atom is 0.317 e.